The number of aryl methyl sites for hydroxylation is 2. The van der Waals surface area contributed by atoms with Crippen LogP contribution in [0.25, 0.3) is 0 Å². The molecule has 1 aromatic carbocycles. The van der Waals surface area contributed by atoms with Gasteiger partial charge in [0.1, 0.15) is 5.76 Å². The van der Waals surface area contributed by atoms with Crippen LogP contribution in [0.1, 0.15) is 29.1 Å². The molecule has 1 unspecified atom stereocenters. The lowest BCUT2D eigenvalue weighted by Crippen LogP contribution is -2.08. The summed E-state index contributed by atoms with van der Waals surface area (Å²) in [6.07, 6.45) is 0.917. The molecule has 1 aliphatic heterocycles. The van der Waals surface area contributed by atoms with E-state index in [9.17, 15) is 4.79 Å². The van der Waals surface area contributed by atoms with E-state index >= 15 is 0 Å². The van der Waals surface area contributed by atoms with Crippen LogP contribution in [0.15, 0.2) is 27.5 Å². The van der Waals surface area contributed by atoms with Crippen molar-refractivity contribution in [1.29, 1.82) is 0 Å². The van der Waals surface area contributed by atoms with Gasteiger partial charge in [0.15, 0.2) is 11.5 Å². The number of nitrogens with one attached hydrogen (secondary N) is 1. The molecule has 0 saturated heterocycles. The highest BCUT2D eigenvalue weighted by molar-refractivity contribution is 7.99. The van der Waals surface area contributed by atoms with Crippen molar-refractivity contribution in [3.63, 3.8) is 0 Å². The Balaban J connectivity index is 1.58. The first-order valence-electron chi connectivity index (χ1n) is 6.83. The number of benzene rings is 1. The Morgan fingerprint density at radius 1 is 1.33 bits per heavy atom. The van der Waals surface area contributed by atoms with E-state index in [1.807, 2.05) is 26.0 Å². The molecule has 3 rings (SSSR count). The first-order valence-corrected chi connectivity index (χ1v) is 7.88. The molecule has 1 aromatic heterocycles. The molecule has 0 saturated carbocycles. The lowest BCUT2D eigenvalue weighted by Gasteiger charge is -2.09. The van der Waals surface area contributed by atoms with Crippen molar-refractivity contribution < 1.29 is 14.0 Å². The zero-order valence-electron chi connectivity index (χ0n) is 12.0. The molecule has 0 fully saturated rings. The second-order valence-electron chi connectivity index (χ2n) is 4.95. The zero-order valence-corrected chi connectivity index (χ0v) is 12.8. The summed E-state index contributed by atoms with van der Waals surface area (Å²) in [6.45, 7) is 4.13. The number of ether oxygens (including phenoxy) is 2. The minimum absolute atomic E-state index is 0.113. The molecule has 0 aliphatic carbocycles. The van der Waals surface area contributed by atoms with E-state index in [-0.39, 0.29) is 10.8 Å². The number of hydrogen-bond donors (Lipinski definition) is 1. The summed E-state index contributed by atoms with van der Waals surface area (Å²) in [5.74, 6) is 3.21. The molecule has 0 radical (unpaired) electrons. The van der Waals surface area contributed by atoms with Crippen LogP contribution in [-0.2, 0) is 6.42 Å². The molecule has 1 atom stereocenters. The van der Waals surface area contributed by atoms with Crippen LogP contribution >= 0.6 is 11.8 Å². The predicted molar refractivity (Wildman–Crippen MR) is 81.2 cm³/mol. The molecular weight excluding hydrogens is 290 g/mol. The van der Waals surface area contributed by atoms with Crippen molar-refractivity contribution in [1.82, 2.24) is 5.16 Å². The summed E-state index contributed by atoms with van der Waals surface area (Å²) < 4.78 is 15.7. The molecule has 1 aliphatic rings. The van der Waals surface area contributed by atoms with Crippen LogP contribution < -0.4 is 15.0 Å². The maximum atomic E-state index is 11.6. The van der Waals surface area contributed by atoms with Crippen LogP contribution in [0, 0.1) is 6.92 Å². The number of hydrogen-bond acceptors (Lipinski definition) is 5. The van der Waals surface area contributed by atoms with E-state index in [0.717, 1.165) is 29.2 Å². The number of aromatic nitrogens is 1. The van der Waals surface area contributed by atoms with Gasteiger partial charge in [0.05, 0.1) is 5.56 Å². The van der Waals surface area contributed by atoms with Crippen molar-refractivity contribution in [2.24, 2.45) is 0 Å². The standard InChI is InChI=1S/C15H17NO4S/c1-9-14(15(17)16-20-9)10(2)21-6-5-11-3-4-12-13(7-11)19-8-18-12/h3-4,7,10H,5-6,8H2,1-2H3,(H,16,17). The lowest BCUT2D eigenvalue weighted by atomic mass is 10.1. The Bertz CT molecular complexity index is 691. The Labute approximate surface area is 126 Å². The largest absolute Gasteiger partial charge is 0.454 e. The number of H-pyrrole nitrogens is 1. The summed E-state index contributed by atoms with van der Waals surface area (Å²) in [5, 5.41) is 2.49. The third-order valence-electron chi connectivity index (χ3n) is 3.52. The van der Waals surface area contributed by atoms with Crippen LogP contribution in [0.3, 0.4) is 0 Å². The quantitative estimate of drug-likeness (QED) is 0.920. The topological polar surface area (TPSA) is 64.5 Å². The number of thioether (sulfide) groups is 1. The Morgan fingerprint density at radius 3 is 2.90 bits per heavy atom. The smallest absolute Gasteiger partial charge is 0.284 e. The fraction of sp³-hybridized carbons (Fsp3) is 0.400. The van der Waals surface area contributed by atoms with Crippen molar-refractivity contribution in [2.45, 2.75) is 25.5 Å². The van der Waals surface area contributed by atoms with E-state index in [1.54, 1.807) is 11.8 Å². The van der Waals surface area contributed by atoms with E-state index in [4.69, 9.17) is 14.0 Å². The van der Waals surface area contributed by atoms with E-state index in [1.165, 1.54) is 5.56 Å². The summed E-state index contributed by atoms with van der Waals surface area (Å²) in [4.78, 5) is 11.6. The summed E-state index contributed by atoms with van der Waals surface area (Å²) in [7, 11) is 0. The van der Waals surface area contributed by atoms with Crippen molar-refractivity contribution in [2.75, 3.05) is 12.5 Å². The first kappa shape index (κ1) is 14.1. The third kappa shape index (κ3) is 2.95. The van der Waals surface area contributed by atoms with Crippen LogP contribution in [0.2, 0.25) is 0 Å². The molecule has 2 heterocycles. The number of aromatic amines is 1. The van der Waals surface area contributed by atoms with Gasteiger partial charge in [0.2, 0.25) is 6.79 Å². The Hall–Kier alpha value is -1.82. The maximum Gasteiger partial charge on any atom is 0.284 e. The molecule has 1 N–H and O–H groups in total. The minimum atomic E-state index is -0.129. The third-order valence-corrected chi connectivity index (χ3v) is 4.70. The van der Waals surface area contributed by atoms with Gasteiger partial charge >= 0.3 is 0 Å². The monoisotopic (exact) mass is 307 g/mol. The van der Waals surface area contributed by atoms with Gasteiger partial charge in [0, 0.05) is 5.25 Å². The average Bonchev–Trinajstić information content (AvgIpc) is 3.05. The SMILES string of the molecule is Cc1o[nH]c(=O)c1C(C)SCCc1ccc2c(c1)OCO2. The summed E-state index contributed by atoms with van der Waals surface area (Å²) in [6, 6.07) is 6.01. The van der Waals surface area contributed by atoms with Gasteiger partial charge in [-0.05, 0) is 43.7 Å². The van der Waals surface area contributed by atoms with Gasteiger partial charge in [-0.3, -0.25) is 4.79 Å². The summed E-state index contributed by atoms with van der Waals surface area (Å²) in [5.41, 5.74) is 1.80. The maximum absolute atomic E-state index is 11.6. The van der Waals surface area contributed by atoms with Crippen molar-refractivity contribution >= 4 is 11.8 Å². The van der Waals surface area contributed by atoms with Gasteiger partial charge < -0.3 is 14.0 Å². The molecule has 112 valence electrons. The second-order valence-corrected chi connectivity index (χ2v) is 6.40. The Morgan fingerprint density at radius 2 is 2.14 bits per heavy atom. The lowest BCUT2D eigenvalue weighted by molar-refractivity contribution is 0.174. The highest BCUT2D eigenvalue weighted by Gasteiger charge is 2.17. The van der Waals surface area contributed by atoms with Crippen LogP contribution in [0.5, 0.6) is 11.5 Å². The van der Waals surface area contributed by atoms with Gasteiger partial charge in [-0.25, -0.2) is 0 Å². The molecule has 5 nitrogen and oxygen atoms in total. The normalized spacial score (nSPS) is 14.4. The average molecular weight is 307 g/mol. The van der Waals surface area contributed by atoms with Crippen molar-refractivity contribution in [3.05, 3.63) is 45.4 Å². The van der Waals surface area contributed by atoms with Crippen LogP contribution in [0.4, 0.5) is 0 Å². The van der Waals surface area contributed by atoms with E-state index in [2.05, 4.69) is 11.2 Å². The fourth-order valence-electron chi connectivity index (χ4n) is 2.40. The highest BCUT2D eigenvalue weighted by Crippen LogP contribution is 2.33. The van der Waals surface area contributed by atoms with Crippen molar-refractivity contribution in [3.8, 4) is 11.5 Å². The molecule has 6 heteroatoms. The molecule has 21 heavy (non-hydrogen) atoms. The summed E-state index contributed by atoms with van der Waals surface area (Å²) >= 11 is 1.74. The fourth-order valence-corrected chi connectivity index (χ4v) is 3.54. The highest BCUT2D eigenvalue weighted by atomic mass is 32.2. The second kappa shape index (κ2) is 5.89. The molecule has 0 amide bonds. The number of fused-ring (bicyclic) bond motifs is 1. The first-order chi connectivity index (χ1) is 10.1. The molecular formula is C15H17NO4S. The molecule has 0 spiro atoms. The number of rotatable bonds is 5. The molecule has 0 bridgehead atoms. The molecule has 2 aromatic rings. The minimum Gasteiger partial charge on any atom is -0.454 e. The predicted octanol–water partition coefficient (Wildman–Crippen LogP) is 3.04. The van der Waals surface area contributed by atoms with Gasteiger partial charge in [0.25, 0.3) is 5.56 Å². The van der Waals surface area contributed by atoms with Gasteiger partial charge in [-0.2, -0.15) is 16.9 Å². The van der Waals surface area contributed by atoms with E-state index < -0.39 is 0 Å². The van der Waals surface area contributed by atoms with Crippen LogP contribution in [-0.4, -0.2) is 17.7 Å². The van der Waals surface area contributed by atoms with E-state index in [0.29, 0.717) is 12.6 Å². The zero-order chi connectivity index (χ0) is 14.8. The van der Waals surface area contributed by atoms with Gasteiger partial charge in [-0.15, -0.1) is 0 Å². The van der Waals surface area contributed by atoms with Gasteiger partial charge in [-0.1, -0.05) is 6.07 Å². The Kier molecular flexibility index (Phi) is 3.96.